The van der Waals surface area contributed by atoms with Gasteiger partial charge in [0.25, 0.3) is 0 Å². The van der Waals surface area contributed by atoms with Crippen molar-refractivity contribution >= 4 is 11.6 Å². The SMILES string of the molecule is C[C](CF)c1cc(F)ccc1Cl. The quantitative estimate of drug-likeness (QED) is 0.669. The summed E-state index contributed by atoms with van der Waals surface area (Å²) in [4.78, 5) is 0. The third kappa shape index (κ3) is 1.95. The Balaban J connectivity index is 3.04. The summed E-state index contributed by atoms with van der Waals surface area (Å²) in [6.07, 6.45) is 0. The molecule has 1 aromatic rings. The minimum atomic E-state index is -0.608. The van der Waals surface area contributed by atoms with Crippen molar-refractivity contribution in [2.75, 3.05) is 6.67 Å². The molecule has 0 aromatic heterocycles. The highest BCUT2D eigenvalue weighted by Crippen LogP contribution is 2.24. The van der Waals surface area contributed by atoms with Gasteiger partial charge in [-0.05, 0) is 23.8 Å². The maximum absolute atomic E-state index is 12.6. The molecule has 0 aliphatic rings. The molecule has 0 aliphatic carbocycles. The van der Waals surface area contributed by atoms with Gasteiger partial charge in [-0.25, -0.2) is 4.39 Å². The van der Waals surface area contributed by atoms with Crippen LogP contribution in [0.3, 0.4) is 0 Å². The predicted octanol–water partition coefficient (Wildman–Crippen LogP) is 3.39. The van der Waals surface area contributed by atoms with Gasteiger partial charge in [-0.15, -0.1) is 0 Å². The fourth-order valence-electron chi connectivity index (χ4n) is 0.897. The van der Waals surface area contributed by atoms with Crippen molar-refractivity contribution in [3.63, 3.8) is 0 Å². The first kappa shape index (κ1) is 9.46. The monoisotopic (exact) mass is 189 g/mol. The van der Waals surface area contributed by atoms with E-state index in [2.05, 4.69) is 0 Å². The van der Waals surface area contributed by atoms with Crippen molar-refractivity contribution in [3.05, 3.63) is 40.5 Å². The second kappa shape index (κ2) is 3.85. The van der Waals surface area contributed by atoms with E-state index in [1.165, 1.54) is 18.2 Å². The molecule has 0 saturated carbocycles. The summed E-state index contributed by atoms with van der Waals surface area (Å²) in [7, 11) is 0. The van der Waals surface area contributed by atoms with Gasteiger partial charge in [0.15, 0.2) is 0 Å². The van der Waals surface area contributed by atoms with E-state index in [0.29, 0.717) is 16.5 Å². The van der Waals surface area contributed by atoms with E-state index in [0.717, 1.165) is 0 Å². The third-order valence-electron chi connectivity index (χ3n) is 1.59. The first-order valence-electron chi connectivity index (χ1n) is 3.49. The van der Waals surface area contributed by atoms with E-state index < -0.39 is 12.5 Å². The summed E-state index contributed by atoms with van der Waals surface area (Å²) >= 11 is 5.72. The maximum Gasteiger partial charge on any atom is 0.123 e. The molecule has 0 spiro atoms. The predicted molar refractivity (Wildman–Crippen MR) is 45.4 cm³/mol. The van der Waals surface area contributed by atoms with Crippen LogP contribution in [0.15, 0.2) is 18.2 Å². The van der Waals surface area contributed by atoms with Crippen LogP contribution in [0.5, 0.6) is 0 Å². The van der Waals surface area contributed by atoms with Crippen molar-refractivity contribution in [2.45, 2.75) is 6.92 Å². The highest BCUT2D eigenvalue weighted by Gasteiger charge is 2.10. The number of rotatable bonds is 2. The van der Waals surface area contributed by atoms with Gasteiger partial charge in [-0.1, -0.05) is 18.5 Å². The lowest BCUT2D eigenvalue weighted by Crippen LogP contribution is -1.98. The van der Waals surface area contributed by atoms with E-state index in [1.807, 2.05) is 0 Å². The van der Waals surface area contributed by atoms with Gasteiger partial charge in [0, 0.05) is 10.9 Å². The second-order valence-electron chi connectivity index (χ2n) is 2.54. The van der Waals surface area contributed by atoms with Gasteiger partial charge in [0.1, 0.15) is 5.82 Å². The lowest BCUT2D eigenvalue weighted by atomic mass is 10.0. The Morgan fingerprint density at radius 3 is 2.75 bits per heavy atom. The van der Waals surface area contributed by atoms with Crippen molar-refractivity contribution in [3.8, 4) is 0 Å². The molecule has 0 amide bonds. The van der Waals surface area contributed by atoms with Crippen molar-refractivity contribution in [2.24, 2.45) is 0 Å². The fourth-order valence-corrected chi connectivity index (χ4v) is 1.18. The van der Waals surface area contributed by atoms with Crippen LogP contribution in [0, 0.1) is 11.7 Å². The lowest BCUT2D eigenvalue weighted by Gasteiger charge is -2.08. The van der Waals surface area contributed by atoms with E-state index >= 15 is 0 Å². The number of hydrogen-bond acceptors (Lipinski definition) is 0. The molecule has 1 radical (unpaired) electrons. The van der Waals surface area contributed by atoms with Crippen LogP contribution in [-0.4, -0.2) is 6.67 Å². The van der Waals surface area contributed by atoms with Crippen LogP contribution in [-0.2, 0) is 0 Å². The molecular weight excluding hydrogens is 182 g/mol. The molecular formula is C9H8ClF2. The molecule has 0 saturated heterocycles. The van der Waals surface area contributed by atoms with Crippen LogP contribution in [0.1, 0.15) is 12.5 Å². The maximum atomic E-state index is 12.6. The molecule has 0 N–H and O–H groups in total. The molecule has 1 rings (SSSR count). The minimum absolute atomic E-state index is 0.381. The highest BCUT2D eigenvalue weighted by molar-refractivity contribution is 6.31. The second-order valence-corrected chi connectivity index (χ2v) is 2.95. The zero-order valence-corrected chi connectivity index (χ0v) is 7.33. The first-order chi connectivity index (χ1) is 5.65. The summed E-state index contributed by atoms with van der Waals surface area (Å²) < 4.78 is 24.8. The molecule has 12 heavy (non-hydrogen) atoms. The summed E-state index contributed by atoms with van der Waals surface area (Å²) in [5, 5.41) is 0.381. The molecule has 0 bridgehead atoms. The normalized spacial score (nSPS) is 10.8. The Bertz CT molecular complexity index is 273. The molecule has 0 heterocycles. The highest BCUT2D eigenvalue weighted by atomic mass is 35.5. The van der Waals surface area contributed by atoms with Crippen molar-refractivity contribution in [1.82, 2.24) is 0 Å². The van der Waals surface area contributed by atoms with E-state index in [4.69, 9.17) is 11.6 Å². The average molecular weight is 190 g/mol. The largest absolute Gasteiger partial charge is 0.250 e. The molecule has 3 heteroatoms. The van der Waals surface area contributed by atoms with Gasteiger partial charge in [0.2, 0.25) is 0 Å². The fraction of sp³-hybridized carbons (Fsp3) is 0.222. The summed E-state index contributed by atoms with van der Waals surface area (Å²) in [5.41, 5.74) is 0.444. The molecule has 0 fully saturated rings. The molecule has 65 valence electrons. The van der Waals surface area contributed by atoms with E-state index in [9.17, 15) is 8.78 Å². The van der Waals surface area contributed by atoms with Crippen LogP contribution in [0.2, 0.25) is 5.02 Å². The average Bonchev–Trinajstić information content (AvgIpc) is 2.08. The van der Waals surface area contributed by atoms with Crippen molar-refractivity contribution < 1.29 is 8.78 Å². The minimum Gasteiger partial charge on any atom is -0.250 e. The van der Waals surface area contributed by atoms with Crippen LogP contribution in [0.25, 0.3) is 0 Å². The standard InChI is InChI=1S/C9H8ClF2/c1-6(5-11)8-4-7(12)2-3-9(8)10/h2-4H,5H2,1H3. The topological polar surface area (TPSA) is 0 Å². The Morgan fingerprint density at radius 1 is 1.50 bits per heavy atom. The molecule has 0 aliphatic heterocycles. The van der Waals surface area contributed by atoms with Crippen LogP contribution in [0.4, 0.5) is 8.78 Å². The number of hydrogen-bond donors (Lipinski definition) is 0. The summed E-state index contributed by atoms with van der Waals surface area (Å²) in [5.74, 6) is 0.0432. The number of benzene rings is 1. The van der Waals surface area contributed by atoms with Gasteiger partial charge in [-0.2, -0.15) is 0 Å². The molecule has 0 atom stereocenters. The third-order valence-corrected chi connectivity index (χ3v) is 1.92. The Hall–Kier alpha value is -0.630. The summed E-state index contributed by atoms with van der Waals surface area (Å²) in [6.45, 7) is 0.976. The van der Waals surface area contributed by atoms with E-state index in [1.54, 1.807) is 6.92 Å². The zero-order valence-electron chi connectivity index (χ0n) is 6.57. The molecule has 1 aromatic carbocycles. The number of alkyl halides is 1. The van der Waals surface area contributed by atoms with Crippen LogP contribution >= 0.6 is 11.6 Å². The van der Waals surface area contributed by atoms with E-state index in [-0.39, 0.29) is 0 Å². The van der Waals surface area contributed by atoms with Gasteiger partial charge >= 0.3 is 0 Å². The van der Waals surface area contributed by atoms with Crippen molar-refractivity contribution in [1.29, 1.82) is 0 Å². The van der Waals surface area contributed by atoms with Crippen LogP contribution < -0.4 is 0 Å². The Labute approximate surface area is 75.2 Å². The Kier molecular flexibility index (Phi) is 3.04. The summed E-state index contributed by atoms with van der Waals surface area (Å²) in [6, 6.07) is 3.90. The Morgan fingerprint density at radius 2 is 2.17 bits per heavy atom. The zero-order chi connectivity index (χ0) is 9.14. The lowest BCUT2D eigenvalue weighted by molar-refractivity contribution is 0.515. The molecule has 0 nitrogen and oxygen atoms in total. The smallest absolute Gasteiger partial charge is 0.123 e. The van der Waals surface area contributed by atoms with Gasteiger partial charge < -0.3 is 0 Å². The van der Waals surface area contributed by atoms with Gasteiger partial charge in [-0.3, -0.25) is 4.39 Å². The number of halogens is 3. The van der Waals surface area contributed by atoms with Gasteiger partial charge in [0.05, 0.1) is 6.67 Å². The first-order valence-corrected chi connectivity index (χ1v) is 3.86. The molecule has 0 unspecified atom stereocenters.